The van der Waals surface area contributed by atoms with E-state index in [0.29, 0.717) is 0 Å². The Balaban J connectivity index is 2.59. The summed E-state index contributed by atoms with van der Waals surface area (Å²) in [5.74, 6) is 0. The summed E-state index contributed by atoms with van der Waals surface area (Å²) in [6, 6.07) is 8.30. The highest BCUT2D eigenvalue weighted by molar-refractivity contribution is 7.11. The molecule has 2 heteroatoms. The molecule has 1 aliphatic carbocycles. The van der Waals surface area contributed by atoms with E-state index >= 15 is 0 Å². The Morgan fingerprint density at radius 2 is 2.09 bits per heavy atom. The molecule has 1 heterocycles. The molecule has 0 saturated heterocycles. The van der Waals surface area contributed by atoms with Gasteiger partial charge in [0.1, 0.15) is 0 Å². The van der Waals surface area contributed by atoms with Crippen molar-refractivity contribution in [1.29, 1.82) is 0 Å². The Kier molecular flexibility index (Phi) is 1.55. The van der Waals surface area contributed by atoms with Crippen molar-refractivity contribution in [1.82, 2.24) is 0 Å². The van der Waals surface area contributed by atoms with Gasteiger partial charge in [0.05, 0.1) is 7.11 Å². The van der Waals surface area contributed by atoms with E-state index < -0.39 is 0 Å². The molecule has 0 saturated carbocycles. The molecule has 11 heavy (non-hydrogen) atoms. The van der Waals surface area contributed by atoms with Crippen molar-refractivity contribution >= 4 is 11.3 Å². The molecule has 0 aromatic rings. The van der Waals surface area contributed by atoms with Gasteiger partial charge in [-0.05, 0) is 17.2 Å². The lowest BCUT2D eigenvalue weighted by molar-refractivity contribution is 0.427. The molecule has 1 aliphatic heterocycles. The predicted octanol–water partition coefficient (Wildman–Crippen LogP) is 2.86. The lowest BCUT2D eigenvalue weighted by Crippen LogP contribution is -1.79. The smallest absolute Gasteiger partial charge is 0.173 e. The summed E-state index contributed by atoms with van der Waals surface area (Å²) in [5, 5.41) is 3.07. The molecule has 0 fully saturated rings. The van der Waals surface area contributed by atoms with Crippen molar-refractivity contribution in [3.05, 3.63) is 29.6 Å². The molecule has 0 N–H and O–H groups in total. The highest BCUT2D eigenvalue weighted by Crippen LogP contribution is 2.30. The minimum atomic E-state index is 0.962. The number of methoxy groups -OCH3 is 1. The third kappa shape index (κ3) is 1.10. The largest absolute Gasteiger partial charge is 0.487 e. The molecular weight excluding hydrogens is 156 g/mol. The summed E-state index contributed by atoms with van der Waals surface area (Å²) >= 11 is 1.62. The standard InChI is InChI=1S/C9H8OS/c1-10-9-5-7-3-2-4-8(7)6-11-9/h2-6H,1H3. The highest BCUT2D eigenvalue weighted by atomic mass is 32.1. The Morgan fingerprint density at radius 3 is 2.91 bits per heavy atom. The van der Waals surface area contributed by atoms with Crippen LogP contribution in [0.15, 0.2) is 29.6 Å². The monoisotopic (exact) mass is 164 g/mol. The number of hydrogen-bond acceptors (Lipinski definition) is 2. The average molecular weight is 164 g/mol. The molecule has 0 radical (unpaired) electrons. The Labute approximate surface area is 69.6 Å². The molecule has 0 bridgehead atoms. The van der Waals surface area contributed by atoms with Gasteiger partial charge in [0.15, 0.2) is 5.06 Å². The summed E-state index contributed by atoms with van der Waals surface area (Å²) in [5.41, 5.74) is 2.54. The first kappa shape index (κ1) is 6.68. The van der Waals surface area contributed by atoms with Crippen molar-refractivity contribution in [2.75, 3.05) is 7.11 Å². The van der Waals surface area contributed by atoms with Gasteiger partial charge in [-0.2, -0.15) is 0 Å². The third-order valence-corrected chi connectivity index (χ3v) is 2.55. The van der Waals surface area contributed by atoms with Gasteiger partial charge in [0.2, 0.25) is 0 Å². The Hall–Kier alpha value is -1.02. The van der Waals surface area contributed by atoms with Crippen molar-refractivity contribution in [2.45, 2.75) is 0 Å². The molecule has 1 nitrogen and oxygen atoms in total. The zero-order valence-corrected chi connectivity index (χ0v) is 7.02. The van der Waals surface area contributed by atoms with Crippen LogP contribution in [0.3, 0.4) is 0 Å². The third-order valence-electron chi connectivity index (χ3n) is 1.66. The molecular formula is C9H8OS. The van der Waals surface area contributed by atoms with Gasteiger partial charge in [-0.3, -0.25) is 0 Å². The van der Waals surface area contributed by atoms with E-state index in [2.05, 4.69) is 29.6 Å². The van der Waals surface area contributed by atoms with Gasteiger partial charge < -0.3 is 4.74 Å². The van der Waals surface area contributed by atoms with Gasteiger partial charge in [0, 0.05) is 5.38 Å². The summed E-state index contributed by atoms with van der Waals surface area (Å²) in [7, 11) is 1.70. The Bertz CT molecular complexity index is 326. The molecule has 56 valence electrons. The molecule has 0 spiro atoms. The first-order chi connectivity index (χ1) is 5.40. The van der Waals surface area contributed by atoms with Crippen molar-refractivity contribution in [3.63, 3.8) is 0 Å². The van der Waals surface area contributed by atoms with Crippen LogP contribution in [0.2, 0.25) is 0 Å². The normalized spacial score (nSPS) is 10.3. The fourth-order valence-electron chi connectivity index (χ4n) is 1.08. The second-order valence-electron chi connectivity index (χ2n) is 2.34. The van der Waals surface area contributed by atoms with Gasteiger partial charge in [0.25, 0.3) is 0 Å². The van der Waals surface area contributed by atoms with E-state index in [1.165, 1.54) is 11.1 Å². The van der Waals surface area contributed by atoms with E-state index in [1.54, 1.807) is 18.4 Å². The zero-order chi connectivity index (χ0) is 7.68. The van der Waals surface area contributed by atoms with E-state index in [0.717, 1.165) is 5.06 Å². The number of hydrogen-bond donors (Lipinski definition) is 0. The van der Waals surface area contributed by atoms with Crippen LogP contribution in [0.1, 0.15) is 0 Å². The molecule has 0 aromatic heterocycles. The molecule has 0 atom stereocenters. The van der Waals surface area contributed by atoms with E-state index in [-0.39, 0.29) is 0 Å². The minimum Gasteiger partial charge on any atom is -0.487 e. The van der Waals surface area contributed by atoms with E-state index in [1.807, 2.05) is 0 Å². The first-order valence-corrected chi connectivity index (χ1v) is 4.29. The molecule has 0 unspecified atom stereocenters. The summed E-state index contributed by atoms with van der Waals surface area (Å²) in [6.07, 6.45) is 0. The SMILES string of the molecule is COc1cc2cccc-2cs1. The van der Waals surface area contributed by atoms with Gasteiger partial charge in [-0.15, -0.1) is 11.3 Å². The van der Waals surface area contributed by atoms with Crippen molar-refractivity contribution in [2.24, 2.45) is 0 Å². The van der Waals surface area contributed by atoms with Crippen molar-refractivity contribution < 1.29 is 4.74 Å². The maximum absolute atomic E-state index is 5.11. The Morgan fingerprint density at radius 1 is 1.27 bits per heavy atom. The summed E-state index contributed by atoms with van der Waals surface area (Å²) in [4.78, 5) is 0. The van der Waals surface area contributed by atoms with Crippen LogP contribution in [-0.2, 0) is 0 Å². The van der Waals surface area contributed by atoms with Gasteiger partial charge >= 0.3 is 0 Å². The lowest BCUT2D eigenvalue weighted by Gasteiger charge is -2.00. The second kappa shape index (κ2) is 2.55. The van der Waals surface area contributed by atoms with Crippen LogP contribution in [0.4, 0.5) is 0 Å². The van der Waals surface area contributed by atoms with E-state index in [4.69, 9.17) is 4.74 Å². The highest BCUT2D eigenvalue weighted by Gasteiger charge is 2.02. The van der Waals surface area contributed by atoms with Crippen LogP contribution in [0.25, 0.3) is 11.1 Å². The van der Waals surface area contributed by atoms with Crippen LogP contribution in [0, 0.1) is 0 Å². The maximum atomic E-state index is 5.11. The predicted molar refractivity (Wildman–Crippen MR) is 47.5 cm³/mol. The zero-order valence-electron chi connectivity index (χ0n) is 6.20. The van der Waals surface area contributed by atoms with Gasteiger partial charge in [-0.1, -0.05) is 18.2 Å². The molecule has 2 rings (SSSR count). The topological polar surface area (TPSA) is 9.23 Å². The second-order valence-corrected chi connectivity index (χ2v) is 3.21. The summed E-state index contributed by atoms with van der Waals surface area (Å²) < 4.78 is 5.11. The van der Waals surface area contributed by atoms with E-state index in [9.17, 15) is 0 Å². The number of rotatable bonds is 1. The fraction of sp³-hybridized carbons (Fsp3) is 0.111. The average Bonchev–Trinajstić information content (AvgIpc) is 2.50. The molecule has 2 aliphatic rings. The number of fused-ring (bicyclic) bond motifs is 1. The van der Waals surface area contributed by atoms with Crippen LogP contribution in [0.5, 0.6) is 5.06 Å². The van der Waals surface area contributed by atoms with Crippen LogP contribution in [-0.4, -0.2) is 7.11 Å². The first-order valence-electron chi connectivity index (χ1n) is 3.41. The van der Waals surface area contributed by atoms with Crippen LogP contribution >= 0.6 is 11.3 Å². The number of ether oxygens (including phenoxy) is 1. The summed E-state index contributed by atoms with van der Waals surface area (Å²) in [6.45, 7) is 0. The molecule has 0 aromatic carbocycles. The van der Waals surface area contributed by atoms with Crippen LogP contribution < -0.4 is 4.74 Å². The van der Waals surface area contributed by atoms with Crippen molar-refractivity contribution in [3.8, 4) is 16.2 Å². The minimum absolute atomic E-state index is 0.962. The van der Waals surface area contributed by atoms with Gasteiger partial charge in [-0.25, -0.2) is 0 Å². The molecule has 0 amide bonds. The lowest BCUT2D eigenvalue weighted by atomic mass is 10.2. The maximum Gasteiger partial charge on any atom is 0.173 e. The quantitative estimate of drug-likeness (QED) is 0.629. The fourth-order valence-corrected chi connectivity index (χ4v) is 1.83.